The molecule has 0 aliphatic rings. The predicted octanol–water partition coefficient (Wildman–Crippen LogP) is 3.14. The van der Waals surface area contributed by atoms with E-state index < -0.39 is 0 Å². The molecule has 0 saturated carbocycles. The van der Waals surface area contributed by atoms with Crippen LogP contribution in [-0.2, 0) is 6.42 Å². The van der Waals surface area contributed by atoms with Crippen molar-refractivity contribution in [2.75, 3.05) is 0 Å². The minimum Gasteiger partial charge on any atom is -0.365 e. The van der Waals surface area contributed by atoms with E-state index in [-0.39, 0.29) is 0 Å². The molecule has 0 spiro atoms. The average molecular weight is 151 g/mol. The molecule has 0 aliphatic heterocycles. The molecule has 1 rings (SSSR count). The summed E-state index contributed by atoms with van der Waals surface area (Å²) in [5, 5.41) is 0. The molecule has 62 valence electrons. The first-order chi connectivity index (χ1) is 5.43. The zero-order valence-corrected chi connectivity index (χ0v) is 7.27. The van der Waals surface area contributed by atoms with E-state index in [9.17, 15) is 0 Å². The van der Waals surface area contributed by atoms with Crippen molar-refractivity contribution in [3.63, 3.8) is 0 Å². The Bertz CT molecular complexity index is 165. The van der Waals surface area contributed by atoms with Gasteiger partial charge in [0.1, 0.15) is 0 Å². The summed E-state index contributed by atoms with van der Waals surface area (Å²) in [6, 6.07) is 4.22. The van der Waals surface area contributed by atoms with Crippen molar-refractivity contribution in [2.24, 2.45) is 0 Å². The van der Waals surface area contributed by atoms with Crippen molar-refractivity contribution in [3.05, 3.63) is 24.0 Å². The fourth-order valence-corrected chi connectivity index (χ4v) is 1.27. The van der Waals surface area contributed by atoms with Crippen molar-refractivity contribution in [3.8, 4) is 0 Å². The molecule has 0 radical (unpaired) electrons. The van der Waals surface area contributed by atoms with Gasteiger partial charge in [-0.15, -0.1) is 0 Å². The van der Waals surface area contributed by atoms with Crippen molar-refractivity contribution >= 4 is 0 Å². The number of rotatable bonds is 5. The highest BCUT2D eigenvalue weighted by molar-refractivity contribution is 5.03. The van der Waals surface area contributed by atoms with E-state index >= 15 is 0 Å². The Kier molecular flexibility index (Phi) is 3.81. The number of aromatic amines is 1. The summed E-state index contributed by atoms with van der Waals surface area (Å²) in [7, 11) is 0. The Morgan fingerprint density at radius 3 is 2.82 bits per heavy atom. The Morgan fingerprint density at radius 1 is 1.27 bits per heavy atom. The van der Waals surface area contributed by atoms with Crippen LogP contribution in [-0.4, -0.2) is 4.98 Å². The van der Waals surface area contributed by atoms with Gasteiger partial charge in [-0.2, -0.15) is 0 Å². The number of unbranched alkanes of at least 4 members (excludes halogenated alkanes) is 3. The van der Waals surface area contributed by atoms with Crippen LogP contribution < -0.4 is 0 Å². The SMILES string of the molecule is CCCCCCc1ccc[nH]1. The second-order valence-electron chi connectivity index (χ2n) is 3.01. The van der Waals surface area contributed by atoms with Gasteiger partial charge in [0.2, 0.25) is 0 Å². The molecule has 0 bridgehead atoms. The van der Waals surface area contributed by atoms with Crippen LogP contribution >= 0.6 is 0 Å². The molecule has 0 atom stereocenters. The van der Waals surface area contributed by atoms with E-state index in [1.807, 2.05) is 6.20 Å². The molecule has 1 N–H and O–H groups in total. The third-order valence-electron chi connectivity index (χ3n) is 1.96. The standard InChI is InChI=1S/C10H17N/c1-2-3-4-5-7-10-8-6-9-11-10/h6,8-9,11H,2-5,7H2,1H3. The number of aryl methyl sites for hydroxylation is 1. The third kappa shape index (κ3) is 3.26. The molecule has 0 aliphatic carbocycles. The summed E-state index contributed by atoms with van der Waals surface area (Å²) in [4.78, 5) is 3.21. The highest BCUT2D eigenvalue weighted by Crippen LogP contribution is 2.04. The number of H-pyrrole nitrogens is 1. The monoisotopic (exact) mass is 151 g/mol. The highest BCUT2D eigenvalue weighted by Gasteiger charge is 1.91. The molecule has 1 aromatic rings. The fraction of sp³-hybridized carbons (Fsp3) is 0.600. The van der Waals surface area contributed by atoms with Gasteiger partial charge in [-0.05, 0) is 25.0 Å². The maximum absolute atomic E-state index is 3.21. The van der Waals surface area contributed by atoms with Crippen LogP contribution in [0.5, 0.6) is 0 Å². The highest BCUT2D eigenvalue weighted by atomic mass is 14.7. The maximum Gasteiger partial charge on any atom is 0.0147 e. The Balaban J connectivity index is 2.04. The minimum atomic E-state index is 1.22. The van der Waals surface area contributed by atoms with Crippen molar-refractivity contribution in [1.82, 2.24) is 4.98 Å². The molecular formula is C10H17N. The van der Waals surface area contributed by atoms with Crippen LogP contribution in [0.25, 0.3) is 0 Å². The van der Waals surface area contributed by atoms with Gasteiger partial charge in [-0.1, -0.05) is 26.2 Å². The number of hydrogen-bond donors (Lipinski definition) is 1. The summed E-state index contributed by atoms with van der Waals surface area (Å²) >= 11 is 0. The summed E-state index contributed by atoms with van der Waals surface area (Å²) in [5.41, 5.74) is 1.38. The van der Waals surface area contributed by atoms with Gasteiger partial charge in [-0.3, -0.25) is 0 Å². The molecule has 1 heterocycles. The quantitative estimate of drug-likeness (QED) is 0.622. The molecule has 0 saturated heterocycles. The number of aromatic nitrogens is 1. The summed E-state index contributed by atoms with van der Waals surface area (Å²) < 4.78 is 0. The lowest BCUT2D eigenvalue weighted by Gasteiger charge is -1.96. The van der Waals surface area contributed by atoms with Gasteiger partial charge >= 0.3 is 0 Å². The Morgan fingerprint density at radius 2 is 2.18 bits per heavy atom. The molecule has 0 aromatic carbocycles. The van der Waals surface area contributed by atoms with Gasteiger partial charge in [0.05, 0.1) is 0 Å². The van der Waals surface area contributed by atoms with Crippen molar-refractivity contribution in [1.29, 1.82) is 0 Å². The molecule has 0 fully saturated rings. The van der Waals surface area contributed by atoms with E-state index in [0.29, 0.717) is 0 Å². The molecule has 0 amide bonds. The lowest BCUT2D eigenvalue weighted by atomic mass is 10.1. The van der Waals surface area contributed by atoms with Crippen molar-refractivity contribution in [2.45, 2.75) is 39.0 Å². The fourth-order valence-electron chi connectivity index (χ4n) is 1.27. The first kappa shape index (κ1) is 8.38. The predicted molar refractivity (Wildman–Crippen MR) is 48.6 cm³/mol. The lowest BCUT2D eigenvalue weighted by Crippen LogP contribution is -1.84. The van der Waals surface area contributed by atoms with Gasteiger partial charge < -0.3 is 4.98 Å². The average Bonchev–Trinajstić information content (AvgIpc) is 2.50. The van der Waals surface area contributed by atoms with E-state index in [2.05, 4.69) is 24.0 Å². The minimum absolute atomic E-state index is 1.22. The topological polar surface area (TPSA) is 15.8 Å². The lowest BCUT2D eigenvalue weighted by molar-refractivity contribution is 0.662. The van der Waals surface area contributed by atoms with Crippen LogP contribution in [0.1, 0.15) is 38.3 Å². The summed E-state index contributed by atoms with van der Waals surface area (Å²) in [5.74, 6) is 0. The van der Waals surface area contributed by atoms with Crippen molar-refractivity contribution < 1.29 is 0 Å². The Labute approximate surface area is 68.8 Å². The molecule has 1 aromatic heterocycles. The van der Waals surface area contributed by atoms with Gasteiger partial charge in [0.25, 0.3) is 0 Å². The molecule has 1 heteroatoms. The molecule has 11 heavy (non-hydrogen) atoms. The molecule has 1 nitrogen and oxygen atoms in total. The van der Waals surface area contributed by atoms with Gasteiger partial charge in [0, 0.05) is 11.9 Å². The smallest absolute Gasteiger partial charge is 0.0147 e. The van der Waals surface area contributed by atoms with E-state index in [0.717, 1.165) is 0 Å². The van der Waals surface area contributed by atoms with Crippen LogP contribution in [0.4, 0.5) is 0 Å². The van der Waals surface area contributed by atoms with Crippen LogP contribution in [0.15, 0.2) is 18.3 Å². The first-order valence-corrected chi connectivity index (χ1v) is 4.55. The number of hydrogen-bond acceptors (Lipinski definition) is 0. The van der Waals surface area contributed by atoms with Crippen LogP contribution in [0.3, 0.4) is 0 Å². The second-order valence-corrected chi connectivity index (χ2v) is 3.01. The Hall–Kier alpha value is -0.720. The first-order valence-electron chi connectivity index (χ1n) is 4.55. The summed E-state index contributed by atoms with van der Waals surface area (Å²) in [6.07, 6.45) is 8.61. The molecular weight excluding hydrogens is 134 g/mol. The van der Waals surface area contributed by atoms with E-state index in [1.54, 1.807) is 0 Å². The molecule has 0 unspecified atom stereocenters. The van der Waals surface area contributed by atoms with Gasteiger partial charge in [-0.25, -0.2) is 0 Å². The van der Waals surface area contributed by atoms with Gasteiger partial charge in [0.15, 0.2) is 0 Å². The second kappa shape index (κ2) is 5.00. The maximum atomic E-state index is 3.21. The zero-order valence-electron chi connectivity index (χ0n) is 7.27. The zero-order chi connectivity index (χ0) is 7.94. The normalized spacial score (nSPS) is 10.3. The largest absolute Gasteiger partial charge is 0.365 e. The van der Waals surface area contributed by atoms with E-state index in [1.165, 1.54) is 37.8 Å². The third-order valence-corrected chi connectivity index (χ3v) is 1.96. The van der Waals surface area contributed by atoms with E-state index in [4.69, 9.17) is 0 Å². The van der Waals surface area contributed by atoms with Crippen LogP contribution in [0.2, 0.25) is 0 Å². The van der Waals surface area contributed by atoms with Crippen LogP contribution in [0, 0.1) is 0 Å². The summed E-state index contributed by atoms with van der Waals surface area (Å²) in [6.45, 7) is 2.24. The number of nitrogens with one attached hydrogen (secondary N) is 1.